The van der Waals surface area contributed by atoms with Gasteiger partial charge in [-0.15, -0.1) is 11.3 Å². The Hall–Kier alpha value is -2.71. The van der Waals surface area contributed by atoms with Crippen LogP contribution in [0.25, 0.3) is 0 Å². The normalized spacial score (nSPS) is 15.6. The van der Waals surface area contributed by atoms with Crippen molar-refractivity contribution in [3.63, 3.8) is 0 Å². The Morgan fingerprint density at radius 2 is 1.89 bits per heavy atom. The van der Waals surface area contributed by atoms with Gasteiger partial charge in [-0.2, -0.15) is 0 Å². The Morgan fingerprint density at radius 3 is 2.57 bits per heavy atom. The molecule has 1 amide bonds. The summed E-state index contributed by atoms with van der Waals surface area (Å²) in [5.74, 6) is 1.83. The molecule has 3 aromatic heterocycles. The van der Waals surface area contributed by atoms with Gasteiger partial charge in [-0.3, -0.25) is 4.79 Å². The van der Waals surface area contributed by atoms with Crippen molar-refractivity contribution in [2.75, 3.05) is 37.6 Å². The van der Waals surface area contributed by atoms with E-state index in [1.807, 2.05) is 23.1 Å². The van der Waals surface area contributed by atoms with Gasteiger partial charge in [0.1, 0.15) is 13.1 Å². The summed E-state index contributed by atoms with van der Waals surface area (Å²) >= 11 is 1.73. The fraction of sp³-hybridized carbons (Fsp3) is 0.350. The number of amides is 1. The summed E-state index contributed by atoms with van der Waals surface area (Å²) in [6, 6.07) is 9.85. The van der Waals surface area contributed by atoms with E-state index in [2.05, 4.69) is 32.4 Å². The summed E-state index contributed by atoms with van der Waals surface area (Å²) in [4.78, 5) is 28.1. The molecule has 0 spiro atoms. The molecule has 4 rings (SSSR count). The number of rotatable bonds is 7. The van der Waals surface area contributed by atoms with Crippen molar-refractivity contribution in [1.82, 2.24) is 14.9 Å². The lowest BCUT2D eigenvalue weighted by Crippen LogP contribution is -3.10. The number of piperazine rings is 1. The van der Waals surface area contributed by atoms with E-state index < -0.39 is 0 Å². The maximum atomic E-state index is 12.9. The van der Waals surface area contributed by atoms with Crippen LogP contribution in [0, 0.1) is 0 Å². The van der Waals surface area contributed by atoms with Gasteiger partial charge in [0.05, 0.1) is 11.1 Å². The number of aromatic nitrogens is 2. The van der Waals surface area contributed by atoms with Crippen LogP contribution < -0.4 is 9.80 Å². The molecule has 0 aromatic carbocycles. The Morgan fingerprint density at radius 1 is 1.07 bits per heavy atom. The number of carbonyl (C=O) groups excluding carboxylic acids is 1. The van der Waals surface area contributed by atoms with E-state index in [0.717, 1.165) is 31.3 Å². The molecule has 1 atom stereocenters. The van der Waals surface area contributed by atoms with Crippen LogP contribution in [0.5, 0.6) is 0 Å². The second-order valence-corrected chi connectivity index (χ2v) is 7.89. The zero-order valence-corrected chi connectivity index (χ0v) is 16.5. The van der Waals surface area contributed by atoms with E-state index in [4.69, 9.17) is 4.42 Å². The predicted molar refractivity (Wildman–Crippen MR) is 107 cm³/mol. The van der Waals surface area contributed by atoms with Gasteiger partial charge < -0.3 is 19.1 Å². The number of nitrogens with zero attached hydrogens (tertiary/aromatic N) is 4. The van der Waals surface area contributed by atoms with Crippen LogP contribution in [0.15, 0.2) is 58.8 Å². The topological polar surface area (TPSA) is 66.9 Å². The zero-order chi connectivity index (χ0) is 19.2. The first-order valence-corrected chi connectivity index (χ1v) is 10.3. The third-order valence-corrected chi connectivity index (χ3v) is 5.75. The van der Waals surface area contributed by atoms with E-state index in [9.17, 15) is 4.79 Å². The highest BCUT2D eigenvalue weighted by Gasteiger charge is 2.26. The van der Waals surface area contributed by atoms with E-state index in [-0.39, 0.29) is 5.91 Å². The van der Waals surface area contributed by atoms with Gasteiger partial charge in [0.2, 0.25) is 5.95 Å². The average molecular weight is 399 g/mol. The molecule has 28 heavy (non-hydrogen) atoms. The largest absolute Gasteiger partial charge is 0.463 e. The summed E-state index contributed by atoms with van der Waals surface area (Å²) in [5, 5.41) is 2.08. The van der Waals surface area contributed by atoms with Crippen molar-refractivity contribution in [3.05, 3.63) is 65.0 Å². The second-order valence-electron chi connectivity index (χ2n) is 6.86. The maximum Gasteiger partial charge on any atom is 0.277 e. The molecule has 3 aromatic rings. The number of hydrogen-bond donors (Lipinski definition) is 1. The van der Waals surface area contributed by atoms with Crippen LogP contribution in [0.2, 0.25) is 0 Å². The second kappa shape index (κ2) is 8.99. The fourth-order valence-corrected chi connectivity index (χ4v) is 4.22. The minimum atomic E-state index is 0.187. The molecular formula is C20H24N5O2S+. The lowest BCUT2D eigenvalue weighted by atomic mass is 10.3. The Labute approximate surface area is 168 Å². The van der Waals surface area contributed by atoms with Gasteiger partial charge >= 0.3 is 0 Å². The molecule has 1 N–H and O–H groups in total. The quantitative estimate of drug-likeness (QED) is 0.645. The molecule has 0 saturated carbocycles. The van der Waals surface area contributed by atoms with Gasteiger partial charge in [0.15, 0.2) is 12.3 Å². The van der Waals surface area contributed by atoms with Crippen LogP contribution in [0.1, 0.15) is 10.6 Å². The molecule has 0 aliphatic carbocycles. The first-order chi connectivity index (χ1) is 13.8. The van der Waals surface area contributed by atoms with Crippen molar-refractivity contribution in [3.8, 4) is 0 Å². The van der Waals surface area contributed by atoms with Gasteiger partial charge in [0.25, 0.3) is 5.91 Å². The molecule has 1 fully saturated rings. The standard InChI is InChI=1S/C20H23N5O2S/c26-19(24-8-10-25(11-9-24)20-21-6-3-7-22-20)16-23(14-17-4-1-12-27-17)15-18-5-2-13-28-18/h1-7,12-13H,8-11,14-16H2/p+1. The van der Waals surface area contributed by atoms with Crippen LogP contribution in [0.4, 0.5) is 5.95 Å². The molecule has 4 heterocycles. The summed E-state index contributed by atoms with van der Waals surface area (Å²) < 4.78 is 5.51. The molecule has 146 valence electrons. The molecular weight excluding hydrogens is 374 g/mol. The van der Waals surface area contributed by atoms with E-state index >= 15 is 0 Å². The van der Waals surface area contributed by atoms with E-state index in [0.29, 0.717) is 26.2 Å². The van der Waals surface area contributed by atoms with Crippen molar-refractivity contribution in [2.24, 2.45) is 0 Å². The Bertz CT molecular complexity index is 810. The Kier molecular flexibility index (Phi) is 5.98. The molecule has 1 aliphatic rings. The summed E-state index contributed by atoms with van der Waals surface area (Å²) in [7, 11) is 0. The minimum Gasteiger partial charge on any atom is -0.463 e. The summed E-state index contributed by atoms with van der Waals surface area (Å²) in [5.41, 5.74) is 0. The SMILES string of the molecule is O=C(C[NH+](Cc1ccco1)Cc1cccs1)N1CCN(c2ncccn2)CC1. The highest BCUT2D eigenvalue weighted by Crippen LogP contribution is 2.10. The Balaban J connectivity index is 1.34. The first-order valence-electron chi connectivity index (χ1n) is 9.46. The summed E-state index contributed by atoms with van der Waals surface area (Å²) in [6.45, 7) is 4.90. The average Bonchev–Trinajstić information content (AvgIpc) is 3.43. The smallest absolute Gasteiger partial charge is 0.277 e. The number of carbonyl (C=O) groups is 1. The molecule has 0 bridgehead atoms. The number of anilines is 1. The lowest BCUT2D eigenvalue weighted by Gasteiger charge is -2.35. The number of nitrogens with one attached hydrogen (secondary N) is 1. The van der Waals surface area contributed by atoms with Crippen LogP contribution in [0.3, 0.4) is 0 Å². The maximum absolute atomic E-state index is 12.9. The van der Waals surface area contributed by atoms with Crippen molar-refractivity contribution in [1.29, 1.82) is 0 Å². The number of thiophene rings is 1. The molecule has 1 aliphatic heterocycles. The lowest BCUT2D eigenvalue weighted by molar-refractivity contribution is -0.920. The van der Waals surface area contributed by atoms with E-state index in [1.165, 1.54) is 9.78 Å². The van der Waals surface area contributed by atoms with Crippen molar-refractivity contribution < 1.29 is 14.1 Å². The predicted octanol–water partition coefficient (Wildman–Crippen LogP) is 1.06. The molecule has 1 saturated heterocycles. The number of furan rings is 1. The highest BCUT2D eigenvalue weighted by atomic mass is 32.1. The monoisotopic (exact) mass is 398 g/mol. The third-order valence-electron chi connectivity index (χ3n) is 4.88. The summed E-state index contributed by atoms with van der Waals surface area (Å²) in [6.07, 6.45) is 5.19. The third kappa shape index (κ3) is 4.76. The highest BCUT2D eigenvalue weighted by molar-refractivity contribution is 7.09. The zero-order valence-electron chi connectivity index (χ0n) is 15.7. The number of quaternary nitrogens is 1. The van der Waals surface area contributed by atoms with Crippen molar-refractivity contribution in [2.45, 2.75) is 13.1 Å². The molecule has 1 unspecified atom stereocenters. The van der Waals surface area contributed by atoms with Gasteiger partial charge in [0, 0.05) is 38.6 Å². The minimum absolute atomic E-state index is 0.187. The molecule has 8 heteroatoms. The fourth-order valence-electron chi connectivity index (χ4n) is 3.44. The molecule has 7 nitrogen and oxygen atoms in total. The van der Waals surface area contributed by atoms with Gasteiger partial charge in [-0.05, 0) is 29.6 Å². The van der Waals surface area contributed by atoms with Gasteiger partial charge in [-0.1, -0.05) is 6.07 Å². The van der Waals surface area contributed by atoms with Crippen molar-refractivity contribution >= 4 is 23.2 Å². The van der Waals surface area contributed by atoms with Gasteiger partial charge in [-0.25, -0.2) is 9.97 Å². The van der Waals surface area contributed by atoms with E-state index in [1.54, 1.807) is 30.0 Å². The van der Waals surface area contributed by atoms with Crippen LogP contribution in [-0.4, -0.2) is 53.5 Å². The molecule has 0 radical (unpaired) electrons. The first kappa shape index (κ1) is 18.6. The van der Waals surface area contributed by atoms with Crippen LogP contribution >= 0.6 is 11.3 Å². The van der Waals surface area contributed by atoms with Crippen LogP contribution in [-0.2, 0) is 17.9 Å². The number of hydrogen-bond acceptors (Lipinski definition) is 6.